The lowest BCUT2D eigenvalue weighted by atomic mass is 10.2. The third kappa shape index (κ3) is 2.67. The lowest BCUT2D eigenvalue weighted by Gasteiger charge is -2.11. The first kappa shape index (κ1) is 13.9. The van der Waals surface area contributed by atoms with Gasteiger partial charge in [0.15, 0.2) is 11.2 Å². The molecule has 23 heavy (non-hydrogen) atoms. The summed E-state index contributed by atoms with van der Waals surface area (Å²) >= 11 is 0. The molecule has 0 aromatic carbocycles. The molecule has 3 heterocycles. The molecule has 1 aliphatic rings. The predicted octanol–water partition coefficient (Wildman–Crippen LogP) is 1.97. The molecule has 8 nitrogen and oxygen atoms in total. The van der Waals surface area contributed by atoms with Crippen LogP contribution >= 0.6 is 0 Å². The number of nitrogens with zero attached hydrogens (tertiary/aromatic N) is 6. The molecule has 0 atom stereocenters. The number of hydrogen-bond donors (Lipinski definition) is 1. The molecule has 0 aliphatic heterocycles. The average molecular weight is 311 g/mol. The molecule has 0 saturated heterocycles. The van der Waals surface area contributed by atoms with Gasteiger partial charge < -0.3 is 10.1 Å². The first-order chi connectivity index (χ1) is 11.3. The van der Waals surface area contributed by atoms with Crippen LogP contribution in [0.2, 0.25) is 0 Å². The minimum Gasteiger partial charge on any atom is -0.481 e. The normalized spacial score (nSPS) is 15.2. The third-order valence-electron chi connectivity index (χ3n) is 4.06. The highest BCUT2D eigenvalue weighted by molar-refractivity contribution is 5.71. The van der Waals surface area contributed by atoms with Crippen LogP contribution in [0.3, 0.4) is 0 Å². The van der Waals surface area contributed by atoms with Crippen LogP contribution in [0.15, 0.2) is 24.5 Å². The fourth-order valence-electron chi connectivity index (χ4n) is 2.84. The highest BCUT2D eigenvalue weighted by Gasteiger charge is 2.17. The molecule has 1 aliphatic carbocycles. The fraction of sp³-hybridized carbons (Fsp3) is 0.400. The van der Waals surface area contributed by atoms with Crippen LogP contribution in [0.25, 0.3) is 16.9 Å². The minimum atomic E-state index is 0.458. The molecule has 0 amide bonds. The van der Waals surface area contributed by atoms with Gasteiger partial charge in [-0.05, 0) is 18.9 Å². The van der Waals surface area contributed by atoms with E-state index in [9.17, 15) is 0 Å². The van der Waals surface area contributed by atoms with E-state index in [0.717, 1.165) is 5.69 Å². The van der Waals surface area contributed by atoms with Crippen LogP contribution in [0.4, 0.5) is 5.95 Å². The van der Waals surface area contributed by atoms with Gasteiger partial charge in [0.25, 0.3) is 0 Å². The van der Waals surface area contributed by atoms with Crippen molar-refractivity contribution in [2.24, 2.45) is 0 Å². The first-order valence-corrected chi connectivity index (χ1v) is 7.69. The summed E-state index contributed by atoms with van der Waals surface area (Å²) < 4.78 is 6.73. The van der Waals surface area contributed by atoms with Gasteiger partial charge in [-0.25, -0.2) is 9.97 Å². The summed E-state index contributed by atoms with van der Waals surface area (Å²) in [5, 5.41) is 11.7. The number of aromatic nitrogens is 6. The van der Waals surface area contributed by atoms with Crippen molar-refractivity contribution in [3.8, 4) is 11.6 Å². The fourth-order valence-corrected chi connectivity index (χ4v) is 2.84. The van der Waals surface area contributed by atoms with Crippen molar-refractivity contribution in [1.82, 2.24) is 29.9 Å². The van der Waals surface area contributed by atoms with Crippen molar-refractivity contribution < 1.29 is 4.74 Å². The number of anilines is 1. The van der Waals surface area contributed by atoms with Crippen molar-refractivity contribution in [3.05, 3.63) is 24.5 Å². The van der Waals surface area contributed by atoms with Gasteiger partial charge in [0.05, 0.1) is 25.2 Å². The number of nitrogens with one attached hydrogen (secondary N) is 1. The molecule has 0 unspecified atom stereocenters. The highest BCUT2D eigenvalue weighted by atomic mass is 16.5. The van der Waals surface area contributed by atoms with Crippen LogP contribution in [0.5, 0.6) is 5.88 Å². The monoisotopic (exact) mass is 311 g/mol. The van der Waals surface area contributed by atoms with E-state index in [1.54, 1.807) is 30.3 Å². The van der Waals surface area contributed by atoms with Gasteiger partial charge in [-0.15, -0.1) is 5.10 Å². The zero-order chi connectivity index (χ0) is 15.6. The van der Waals surface area contributed by atoms with E-state index >= 15 is 0 Å². The number of pyridine rings is 1. The van der Waals surface area contributed by atoms with Gasteiger partial charge >= 0.3 is 0 Å². The number of fused-ring (bicyclic) bond motifs is 1. The molecule has 1 saturated carbocycles. The van der Waals surface area contributed by atoms with Crippen LogP contribution < -0.4 is 10.1 Å². The SMILES string of the molecule is COc1ccc(-n2nnc3cnc(NC4CCCC4)nc32)cn1. The third-order valence-corrected chi connectivity index (χ3v) is 4.06. The molecule has 8 heteroatoms. The second-order valence-electron chi connectivity index (χ2n) is 5.59. The molecule has 4 rings (SSSR count). The van der Waals surface area contributed by atoms with E-state index in [4.69, 9.17) is 4.74 Å². The first-order valence-electron chi connectivity index (χ1n) is 7.69. The average Bonchev–Trinajstić information content (AvgIpc) is 3.24. The summed E-state index contributed by atoms with van der Waals surface area (Å²) in [4.78, 5) is 13.1. The predicted molar refractivity (Wildman–Crippen MR) is 84.7 cm³/mol. The Morgan fingerprint density at radius 2 is 2.04 bits per heavy atom. The van der Waals surface area contributed by atoms with Gasteiger partial charge in [-0.3, -0.25) is 0 Å². The minimum absolute atomic E-state index is 0.458. The molecular weight excluding hydrogens is 294 g/mol. The molecule has 3 aromatic heterocycles. The molecule has 1 fully saturated rings. The maximum Gasteiger partial charge on any atom is 0.225 e. The quantitative estimate of drug-likeness (QED) is 0.787. The van der Waals surface area contributed by atoms with Gasteiger partial charge in [0.2, 0.25) is 11.8 Å². The van der Waals surface area contributed by atoms with E-state index in [1.807, 2.05) is 6.07 Å². The van der Waals surface area contributed by atoms with Crippen molar-refractivity contribution in [2.45, 2.75) is 31.7 Å². The Morgan fingerprint density at radius 1 is 1.17 bits per heavy atom. The van der Waals surface area contributed by atoms with Crippen molar-refractivity contribution in [2.75, 3.05) is 12.4 Å². The summed E-state index contributed by atoms with van der Waals surface area (Å²) in [6.07, 6.45) is 8.23. The topological polar surface area (TPSA) is 90.6 Å². The van der Waals surface area contributed by atoms with E-state index in [2.05, 4.69) is 30.6 Å². The van der Waals surface area contributed by atoms with Crippen molar-refractivity contribution >= 4 is 17.1 Å². The molecule has 0 radical (unpaired) electrons. The van der Waals surface area contributed by atoms with Gasteiger partial charge in [-0.1, -0.05) is 18.1 Å². The largest absolute Gasteiger partial charge is 0.481 e. The Labute approximate surface area is 132 Å². The summed E-state index contributed by atoms with van der Waals surface area (Å²) in [5.74, 6) is 1.17. The van der Waals surface area contributed by atoms with Gasteiger partial charge in [0, 0.05) is 12.1 Å². The van der Waals surface area contributed by atoms with E-state index in [0.29, 0.717) is 29.0 Å². The maximum absolute atomic E-state index is 5.08. The van der Waals surface area contributed by atoms with Crippen LogP contribution in [0.1, 0.15) is 25.7 Å². The molecule has 0 spiro atoms. The van der Waals surface area contributed by atoms with Crippen LogP contribution in [0, 0.1) is 0 Å². The number of ether oxygens (including phenoxy) is 1. The summed E-state index contributed by atoms with van der Waals surface area (Å²) in [6.45, 7) is 0. The van der Waals surface area contributed by atoms with Crippen LogP contribution in [-0.4, -0.2) is 43.1 Å². The molecular formula is C15H17N7O. The second-order valence-corrected chi connectivity index (χ2v) is 5.59. The lowest BCUT2D eigenvalue weighted by molar-refractivity contribution is 0.397. The number of methoxy groups -OCH3 is 1. The van der Waals surface area contributed by atoms with Gasteiger partial charge in [-0.2, -0.15) is 9.67 Å². The zero-order valence-corrected chi connectivity index (χ0v) is 12.8. The lowest BCUT2D eigenvalue weighted by Crippen LogP contribution is -2.16. The molecule has 3 aromatic rings. The summed E-state index contributed by atoms with van der Waals surface area (Å²) in [5.41, 5.74) is 2.09. The molecule has 118 valence electrons. The Kier molecular flexibility index (Phi) is 3.49. The second kappa shape index (κ2) is 5.79. The highest BCUT2D eigenvalue weighted by Crippen LogP contribution is 2.22. The van der Waals surface area contributed by atoms with E-state index < -0.39 is 0 Å². The van der Waals surface area contributed by atoms with E-state index in [-0.39, 0.29) is 0 Å². The molecule has 1 N–H and O–H groups in total. The van der Waals surface area contributed by atoms with Crippen LogP contribution in [-0.2, 0) is 0 Å². The Morgan fingerprint density at radius 3 is 2.78 bits per heavy atom. The Bertz CT molecular complexity index is 808. The van der Waals surface area contributed by atoms with Crippen molar-refractivity contribution in [3.63, 3.8) is 0 Å². The Hall–Kier alpha value is -2.77. The smallest absolute Gasteiger partial charge is 0.225 e. The van der Waals surface area contributed by atoms with Crippen molar-refractivity contribution in [1.29, 1.82) is 0 Å². The van der Waals surface area contributed by atoms with E-state index in [1.165, 1.54) is 25.7 Å². The zero-order valence-electron chi connectivity index (χ0n) is 12.8. The van der Waals surface area contributed by atoms with Gasteiger partial charge in [0.1, 0.15) is 0 Å². The number of hydrogen-bond acceptors (Lipinski definition) is 7. The Balaban J connectivity index is 1.68. The maximum atomic E-state index is 5.08. The molecule has 0 bridgehead atoms. The summed E-state index contributed by atoms with van der Waals surface area (Å²) in [6, 6.07) is 4.10. The summed E-state index contributed by atoms with van der Waals surface area (Å²) in [7, 11) is 1.58. The standard InChI is InChI=1S/C15H17N7O/c1-23-13-7-6-11(8-16-13)22-14-12(20-21-22)9-17-15(19-14)18-10-4-2-3-5-10/h6-10H,2-5H2,1H3,(H,17,18,19). The number of rotatable bonds is 4.